The van der Waals surface area contributed by atoms with Crippen molar-refractivity contribution in [1.29, 1.82) is 0 Å². The topological polar surface area (TPSA) is 69.6 Å². The molecule has 6 nitrogen and oxygen atoms in total. The summed E-state index contributed by atoms with van der Waals surface area (Å²) < 4.78 is 5.38. The maximum absolute atomic E-state index is 5.38. The van der Waals surface area contributed by atoms with Crippen molar-refractivity contribution in [2.45, 2.75) is 6.54 Å². The summed E-state index contributed by atoms with van der Waals surface area (Å²) in [5.41, 5.74) is 3.33. The lowest BCUT2D eigenvalue weighted by atomic mass is 10.2. The fraction of sp³-hybridized carbons (Fsp3) is 0.0588. The average Bonchev–Trinajstić information content (AvgIpc) is 3.22. The van der Waals surface area contributed by atoms with Gasteiger partial charge in [0.2, 0.25) is 5.82 Å². The normalized spacial score (nSPS) is 11.0. The van der Waals surface area contributed by atoms with Crippen LogP contribution in [0, 0.1) is 0 Å². The van der Waals surface area contributed by atoms with Crippen molar-refractivity contribution in [3.63, 3.8) is 0 Å². The second-order valence-corrected chi connectivity index (χ2v) is 5.04. The van der Waals surface area contributed by atoms with Crippen molar-refractivity contribution < 1.29 is 4.52 Å². The smallest absolute Gasteiger partial charge is 0.258 e. The summed E-state index contributed by atoms with van der Waals surface area (Å²) in [5.74, 6) is 1.03. The van der Waals surface area contributed by atoms with E-state index >= 15 is 0 Å². The predicted molar refractivity (Wildman–Crippen MR) is 86.5 cm³/mol. The van der Waals surface area contributed by atoms with Crippen LogP contribution in [0.25, 0.3) is 33.9 Å². The van der Waals surface area contributed by atoms with E-state index < -0.39 is 0 Å². The van der Waals surface area contributed by atoms with E-state index in [1.807, 2.05) is 48.5 Å². The first-order valence-electron chi connectivity index (χ1n) is 7.19. The number of fused-ring (bicyclic) bond motifs is 1. The Morgan fingerprint density at radius 3 is 2.65 bits per heavy atom. The van der Waals surface area contributed by atoms with Gasteiger partial charge in [-0.3, -0.25) is 0 Å². The Kier molecular flexibility index (Phi) is 3.20. The van der Waals surface area contributed by atoms with E-state index in [2.05, 4.69) is 26.9 Å². The lowest BCUT2D eigenvalue weighted by Gasteiger charge is -1.93. The maximum atomic E-state index is 5.38. The van der Waals surface area contributed by atoms with Gasteiger partial charge in [0, 0.05) is 11.1 Å². The van der Waals surface area contributed by atoms with Crippen LogP contribution in [0.15, 0.2) is 65.7 Å². The molecule has 2 heterocycles. The average molecular weight is 303 g/mol. The van der Waals surface area contributed by atoms with Gasteiger partial charge in [0.1, 0.15) is 11.0 Å². The Morgan fingerprint density at radius 2 is 1.83 bits per heavy atom. The fourth-order valence-electron chi connectivity index (χ4n) is 2.33. The van der Waals surface area contributed by atoms with Crippen LogP contribution in [0.1, 0.15) is 0 Å². The minimum absolute atomic E-state index is 0.462. The van der Waals surface area contributed by atoms with Crippen molar-refractivity contribution in [2.75, 3.05) is 0 Å². The van der Waals surface area contributed by atoms with E-state index in [9.17, 15) is 0 Å². The highest BCUT2D eigenvalue weighted by Crippen LogP contribution is 2.24. The van der Waals surface area contributed by atoms with Gasteiger partial charge in [-0.2, -0.15) is 20.0 Å². The van der Waals surface area contributed by atoms with E-state index in [1.165, 1.54) is 0 Å². The zero-order chi connectivity index (χ0) is 15.6. The van der Waals surface area contributed by atoms with E-state index in [-0.39, 0.29) is 0 Å². The minimum Gasteiger partial charge on any atom is -0.334 e. The maximum Gasteiger partial charge on any atom is 0.258 e. The molecule has 23 heavy (non-hydrogen) atoms. The van der Waals surface area contributed by atoms with Gasteiger partial charge in [-0.25, -0.2) is 0 Å². The molecular formula is C17H13N5O. The lowest BCUT2D eigenvalue weighted by Crippen LogP contribution is -1.98. The second-order valence-electron chi connectivity index (χ2n) is 5.04. The monoisotopic (exact) mass is 303 g/mol. The van der Waals surface area contributed by atoms with Crippen LogP contribution in [0.2, 0.25) is 0 Å². The summed E-state index contributed by atoms with van der Waals surface area (Å²) in [6.07, 6.45) is 1.75. The van der Waals surface area contributed by atoms with Crippen LogP contribution in [0.4, 0.5) is 0 Å². The molecule has 0 saturated carbocycles. The molecule has 0 amide bonds. The van der Waals surface area contributed by atoms with E-state index in [0.29, 0.717) is 18.3 Å². The third-order valence-electron chi connectivity index (χ3n) is 3.42. The van der Waals surface area contributed by atoms with Crippen LogP contribution in [-0.4, -0.2) is 25.1 Å². The molecule has 2 aromatic heterocycles. The zero-order valence-electron chi connectivity index (χ0n) is 12.3. The van der Waals surface area contributed by atoms with Gasteiger partial charge in [0.15, 0.2) is 0 Å². The molecule has 4 aromatic rings. The Hall–Kier alpha value is -3.28. The fourth-order valence-corrected chi connectivity index (χ4v) is 2.33. The SMILES string of the molecule is C=CCn1nc2ccc(-c3nc(-c4ccccc4)no3)cc2n1. The Labute approximate surface area is 132 Å². The number of hydrogen-bond donors (Lipinski definition) is 0. The highest BCUT2D eigenvalue weighted by Gasteiger charge is 2.12. The highest BCUT2D eigenvalue weighted by atomic mass is 16.5. The minimum atomic E-state index is 0.462. The van der Waals surface area contributed by atoms with Crippen LogP contribution < -0.4 is 0 Å². The molecular weight excluding hydrogens is 290 g/mol. The first-order valence-corrected chi connectivity index (χ1v) is 7.19. The summed E-state index contributed by atoms with van der Waals surface area (Å²) >= 11 is 0. The van der Waals surface area contributed by atoms with Crippen LogP contribution in [0.3, 0.4) is 0 Å². The number of allylic oxidation sites excluding steroid dienone is 1. The summed E-state index contributed by atoms with van der Waals surface area (Å²) in [5, 5.41) is 12.8. The molecule has 0 aliphatic heterocycles. The molecule has 112 valence electrons. The number of benzene rings is 2. The van der Waals surface area contributed by atoms with Gasteiger partial charge >= 0.3 is 0 Å². The quantitative estimate of drug-likeness (QED) is 0.541. The Balaban J connectivity index is 1.71. The van der Waals surface area contributed by atoms with Crippen molar-refractivity contribution in [2.24, 2.45) is 0 Å². The second kappa shape index (κ2) is 5.49. The Morgan fingerprint density at radius 1 is 1.00 bits per heavy atom. The van der Waals surface area contributed by atoms with Crippen LogP contribution >= 0.6 is 0 Å². The van der Waals surface area contributed by atoms with Crippen molar-refractivity contribution in [1.82, 2.24) is 25.1 Å². The molecule has 0 saturated heterocycles. The molecule has 0 radical (unpaired) electrons. The van der Waals surface area contributed by atoms with Crippen LogP contribution in [0.5, 0.6) is 0 Å². The molecule has 4 rings (SSSR count). The van der Waals surface area contributed by atoms with Crippen LogP contribution in [-0.2, 0) is 6.54 Å². The standard InChI is InChI=1S/C17H13N5O/c1-2-10-22-19-14-9-8-13(11-15(14)20-22)17-18-16(21-23-17)12-6-4-3-5-7-12/h2-9,11H,1,10H2. The molecule has 6 heteroatoms. The zero-order valence-corrected chi connectivity index (χ0v) is 12.3. The number of rotatable bonds is 4. The summed E-state index contributed by atoms with van der Waals surface area (Å²) in [6.45, 7) is 4.26. The van der Waals surface area contributed by atoms with E-state index in [4.69, 9.17) is 4.52 Å². The van der Waals surface area contributed by atoms with Gasteiger partial charge in [0.25, 0.3) is 5.89 Å². The van der Waals surface area contributed by atoms with Gasteiger partial charge < -0.3 is 4.52 Å². The molecule has 0 unspecified atom stereocenters. The number of nitrogens with zero attached hydrogens (tertiary/aromatic N) is 5. The number of hydrogen-bond acceptors (Lipinski definition) is 5. The molecule has 0 spiro atoms. The van der Waals surface area contributed by atoms with Crippen molar-refractivity contribution in [3.05, 3.63) is 61.2 Å². The molecule has 0 atom stereocenters. The third kappa shape index (κ3) is 2.50. The van der Waals surface area contributed by atoms with E-state index in [1.54, 1.807) is 10.9 Å². The molecule has 0 fully saturated rings. The first-order chi connectivity index (χ1) is 11.3. The molecule has 2 aromatic carbocycles. The van der Waals surface area contributed by atoms with Gasteiger partial charge in [-0.05, 0) is 18.2 Å². The molecule has 0 N–H and O–H groups in total. The largest absolute Gasteiger partial charge is 0.334 e. The number of aromatic nitrogens is 5. The molecule has 0 aliphatic carbocycles. The Bertz CT molecular complexity index is 971. The first kappa shape index (κ1) is 13.4. The van der Waals surface area contributed by atoms with E-state index in [0.717, 1.165) is 22.2 Å². The molecule has 0 aliphatic rings. The summed E-state index contributed by atoms with van der Waals surface area (Å²) in [4.78, 5) is 6.05. The lowest BCUT2D eigenvalue weighted by molar-refractivity contribution is 0.432. The highest BCUT2D eigenvalue weighted by molar-refractivity contribution is 5.79. The third-order valence-corrected chi connectivity index (χ3v) is 3.42. The predicted octanol–water partition coefficient (Wildman–Crippen LogP) is 3.33. The molecule has 0 bridgehead atoms. The van der Waals surface area contributed by atoms with Gasteiger partial charge in [-0.1, -0.05) is 41.6 Å². The van der Waals surface area contributed by atoms with Crippen molar-refractivity contribution >= 4 is 11.0 Å². The van der Waals surface area contributed by atoms with Gasteiger partial charge in [-0.15, -0.1) is 6.58 Å². The van der Waals surface area contributed by atoms with Crippen molar-refractivity contribution in [3.8, 4) is 22.8 Å². The van der Waals surface area contributed by atoms with Gasteiger partial charge in [0.05, 0.1) is 6.54 Å². The summed E-state index contributed by atoms with van der Waals surface area (Å²) in [6, 6.07) is 15.4. The summed E-state index contributed by atoms with van der Waals surface area (Å²) in [7, 11) is 0.